The molecule has 37 heavy (non-hydrogen) atoms. The van der Waals surface area contributed by atoms with Crippen LogP contribution in [-0.4, -0.2) is 79.5 Å². The number of fused-ring (bicyclic) bond motifs is 1. The van der Waals surface area contributed by atoms with E-state index in [2.05, 4.69) is 27.2 Å². The first-order chi connectivity index (χ1) is 17.6. The van der Waals surface area contributed by atoms with Crippen LogP contribution < -0.4 is 4.90 Å². The van der Waals surface area contributed by atoms with Gasteiger partial charge in [-0.1, -0.05) is 0 Å². The third kappa shape index (κ3) is 4.58. The van der Waals surface area contributed by atoms with Crippen molar-refractivity contribution in [3.05, 3.63) is 54.7 Å². The van der Waals surface area contributed by atoms with Gasteiger partial charge in [-0.05, 0) is 31.0 Å². The number of aromatic nitrogens is 5. The van der Waals surface area contributed by atoms with Crippen molar-refractivity contribution in [1.29, 1.82) is 5.26 Å². The Labute approximate surface area is 221 Å². The third-order valence-corrected chi connectivity index (χ3v) is 7.08. The molecule has 0 N–H and O–H groups in total. The number of halogens is 1. The fourth-order valence-corrected chi connectivity index (χ4v) is 5.12. The molecule has 6 rings (SSSR count). The Kier molecular flexibility index (Phi) is 6.72. The Hall–Kier alpha value is -4.10. The Bertz CT molecular complexity index is 1460. The number of rotatable bonds is 3. The summed E-state index contributed by atoms with van der Waals surface area (Å²) in [4.78, 5) is 23.6. The van der Waals surface area contributed by atoms with Crippen LogP contribution in [0, 0.1) is 11.3 Å². The molecule has 0 aromatic carbocycles. The number of amides is 2. The normalized spacial score (nSPS) is 15.6. The number of hydrogen-bond donors (Lipinski definition) is 0. The SMILES string of the molecule is Cl.Cn1cc(-c2cc(-c3ccc(N4CCN(C(=O)N5CCCC5)CC4)nc3)c3c(C#N)cnn3c2)cn1. The largest absolute Gasteiger partial charge is 0.353 e. The molecule has 0 radical (unpaired) electrons. The second-order valence-electron chi connectivity index (χ2n) is 9.36. The van der Waals surface area contributed by atoms with Crippen LogP contribution in [0.5, 0.6) is 0 Å². The number of likely N-dealkylation sites (tertiary alicyclic amines) is 1. The number of piperazine rings is 1. The number of nitriles is 1. The summed E-state index contributed by atoms with van der Waals surface area (Å²) in [5.74, 6) is 0.889. The van der Waals surface area contributed by atoms with E-state index in [1.165, 1.54) is 0 Å². The van der Waals surface area contributed by atoms with Gasteiger partial charge in [-0.3, -0.25) is 4.68 Å². The van der Waals surface area contributed by atoms with Crippen LogP contribution in [0.3, 0.4) is 0 Å². The smallest absolute Gasteiger partial charge is 0.320 e. The van der Waals surface area contributed by atoms with E-state index in [1.807, 2.05) is 53.8 Å². The fraction of sp³-hybridized carbons (Fsp3) is 0.346. The molecule has 11 heteroatoms. The summed E-state index contributed by atoms with van der Waals surface area (Å²) in [5, 5.41) is 18.4. The van der Waals surface area contributed by atoms with Crippen molar-refractivity contribution in [1.82, 2.24) is 34.2 Å². The molecule has 2 saturated heterocycles. The summed E-state index contributed by atoms with van der Waals surface area (Å²) < 4.78 is 3.51. The summed E-state index contributed by atoms with van der Waals surface area (Å²) >= 11 is 0. The summed E-state index contributed by atoms with van der Waals surface area (Å²) in [6.45, 7) is 4.67. The van der Waals surface area contributed by atoms with E-state index in [0.717, 1.165) is 72.6 Å². The molecule has 6 heterocycles. The van der Waals surface area contributed by atoms with Crippen molar-refractivity contribution in [2.75, 3.05) is 44.2 Å². The molecular weight excluding hydrogens is 490 g/mol. The van der Waals surface area contributed by atoms with E-state index in [9.17, 15) is 10.1 Å². The van der Waals surface area contributed by atoms with Gasteiger partial charge in [0.05, 0.1) is 23.5 Å². The molecule has 2 fully saturated rings. The molecule has 10 nitrogen and oxygen atoms in total. The quantitative estimate of drug-likeness (QED) is 0.413. The zero-order valence-electron chi connectivity index (χ0n) is 20.6. The zero-order chi connectivity index (χ0) is 24.6. The molecule has 0 saturated carbocycles. The first-order valence-electron chi connectivity index (χ1n) is 12.3. The average molecular weight is 518 g/mol. The van der Waals surface area contributed by atoms with Crippen LogP contribution in [0.25, 0.3) is 27.8 Å². The molecule has 2 amide bonds. The minimum absolute atomic E-state index is 0. The molecule has 0 bridgehead atoms. The number of anilines is 1. The number of aryl methyl sites for hydroxylation is 1. The van der Waals surface area contributed by atoms with Gasteiger partial charge in [0.25, 0.3) is 0 Å². The van der Waals surface area contributed by atoms with Gasteiger partial charge in [0.2, 0.25) is 0 Å². The maximum Gasteiger partial charge on any atom is 0.320 e. The topological polar surface area (TPSA) is 98.6 Å². The van der Waals surface area contributed by atoms with Gasteiger partial charge in [0.15, 0.2) is 0 Å². The first-order valence-corrected chi connectivity index (χ1v) is 12.3. The minimum atomic E-state index is 0. The summed E-state index contributed by atoms with van der Waals surface area (Å²) in [5.41, 5.74) is 5.01. The van der Waals surface area contributed by atoms with E-state index in [-0.39, 0.29) is 18.4 Å². The number of carbonyl (C=O) groups is 1. The van der Waals surface area contributed by atoms with Crippen molar-refractivity contribution in [2.45, 2.75) is 12.8 Å². The van der Waals surface area contributed by atoms with Crippen LogP contribution in [-0.2, 0) is 7.05 Å². The lowest BCUT2D eigenvalue weighted by atomic mass is 10.0. The molecule has 2 aliphatic rings. The van der Waals surface area contributed by atoms with Gasteiger partial charge >= 0.3 is 6.03 Å². The highest BCUT2D eigenvalue weighted by molar-refractivity contribution is 5.87. The number of carbonyl (C=O) groups excluding carboxylic acids is 1. The highest BCUT2D eigenvalue weighted by Gasteiger charge is 2.27. The van der Waals surface area contributed by atoms with Crippen LogP contribution in [0.1, 0.15) is 18.4 Å². The minimum Gasteiger partial charge on any atom is -0.353 e. The van der Waals surface area contributed by atoms with E-state index >= 15 is 0 Å². The van der Waals surface area contributed by atoms with E-state index in [0.29, 0.717) is 18.7 Å². The summed E-state index contributed by atoms with van der Waals surface area (Å²) in [6.07, 6.45) is 11.3. The molecule has 4 aromatic heterocycles. The van der Waals surface area contributed by atoms with Crippen LogP contribution in [0.15, 0.2) is 49.2 Å². The first kappa shape index (κ1) is 24.6. The fourth-order valence-electron chi connectivity index (χ4n) is 5.12. The highest BCUT2D eigenvalue weighted by atomic mass is 35.5. The standard InChI is InChI=1S/C26H27N9O.ClH/c1-31-17-22(16-29-31)20-12-23(25-21(13-27)15-30-35(25)18-20)19-4-5-24(28-14-19)32-8-10-34(11-9-32)26(36)33-6-2-3-7-33;/h4-5,12,14-18H,2-3,6-11H2,1H3;1H. The van der Waals surface area contributed by atoms with Crippen molar-refractivity contribution in [2.24, 2.45) is 7.05 Å². The number of nitrogens with zero attached hydrogens (tertiary/aromatic N) is 9. The molecule has 190 valence electrons. The van der Waals surface area contributed by atoms with Crippen molar-refractivity contribution in [3.63, 3.8) is 0 Å². The summed E-state index contributed by atoms with van der Waals surface area (Å²) in [6, 6.07) is 8.55. The predicted octanol–water partition coefficient (Wildman–Crippen LogP) is 3.43. The van der Waals surface area contributed by atoms with E-state index < -0.39 is 0 Å². The average Bonchev–Trinajstić information content (AvgIpc) is 3.69. The van der Waals surface area contributed by atoms with Gasteiger partial charge < -0.3 is 14.7 Å². The van der Waals surface area contributed by atoms with Crippen LogP contribution in [0.2, 0.25) is 0 Å². The highest BCUT2D eigenvalue weighted by Crippen LogP contribution is 2.32. The van der Waals surface area contributed by atoms with Crippen molar-refractivity contribution >= 4 is 29.8 Å². The predicted molar refractivity (Wildman–Crippen MR) is 143 cm³/mol. The Morgan fingerprint density at radius 2 is 1.65 bits per heavy atom. The molecule has 0 spiro atoms. The monoisotopic (exact) mass is 517 g/mol. The molecule has 0 atom stereocenters. The van der Waals surface area contributed by atoms with Gasteiger partial charge in [-0.15, -0.1) is 12.4 Å². The molecule has 0 aliphatic carbocycles. The molecule has 4 aromatic rings. The van der Waals surface area contributed by atoms with Crippen LogP contribution >= 0.6 is 12.4 Å². The maximum absolute atomic E-state index is 12.7. The van der Waals surface area contributed by atoms with Crippen LogP contribution in [0.4, 0.5) is 10.6 Å². The lowest BCUT2D eigenvalue weighted by Gasteiger charge is -2.37. The maximum atomic E-state index is 12.7. The lowest BCUT2D eigenvalue weighted by molar-refractivity contribution is 0.159. The Morgan fingerprint density at radius 3 is 2.30 bits per heavy atom. The van der Waals surface area contributed by atoms with Gasteiger partial charge in [-0.2, -0.15) is 15.5 Å². The van der Waals surface area contributed by atoms with Gasteiger partial charge in [0, 0.05) is 87.2 Å². The third-order valence-electron chi connectivity index (χ3n) is 7.08. The number of pyridine rings is 2. The Balaban J connectivity index is 0.00000280. The van der Waals surface area contributed by atoms with E-state index in [1.54, 1.807) is 15.4 Å². The van der Waals surface area contributed by atoms with Gasteiger partial charge in [0.1, 0.15) is 11.9 Å². The van der Waals surface area contributed by atoms with Gasteiger partial charge in [-0.25, -0.2) is 14.3 Å². The number of urea groups is 1. The van der Waals surface area contributed by atoms with E-state index in [4.69, 9.17) is 4.98 Å². The molecule has 2 aliphatic heterocycles. The zero-order valence-corrected chi connectivity index (χ0v) is 21.4. The Morgan fingerprint density at radius 1 is 0.892 bits per heavy atom. The number of hydrogen-bond acceptors (Lipinski definition) is 6. The van der Waals surface area contributed by atoms with Crippen molar-refractivity contribution < 1.29 is 4.79 Å². The molecule has 0 unspecified atom stereocenters. The second kappa shape index (κ2) is 10.1. The van der Waals surface area contributed by atoms with Crippen molar-refractivity contribution in [3.8, 4) is 28.3 Å². The molecular formula is C26H28ClN9O. The summed E-state index contributed by atoms with van der Waals surface area (Å²) in [7, 11) is 1.88. The lowest BCUT2D eigenvalue weighted by Crippen LogP contribution is -2.52. The second-order valence-corrected chi connectivity index (χ2v) is 9.36.